The summed E-state index contributed by atoms with van der Waals surface area (Å²) in [5.41, 5.74) is 6.70. The third-order valence-electron chi connectivity index (χ3n) is 5.30. The molecule has 4 nitrogen and oxygen atoms in total. The summed E-state index contributed by atoms with van der Waals surface area (Å²) in [4.78, 5) is 16.1. The number of benzene rings is 3. The fraction of sp³-hybridized carbons (Fsp3) is 0.154. The van der Waals surface area contributed by atoms with Gasteiger partial charge in [0, 0.05) is 12.5 Å². The Morgan fingerprint density at radius 3 is 2.29 bits per heavy atom. The number of nitrogens with zero attached hydrogens (tertiary/aromatic N) is 1. The van der Waals surface area contributed by atoms with Gasteiger partial charge in [0.2, 0.25) is 0 Å². The Kier molecular flexibility index (Phi) is 6.68. The molecule has 3 aromatic carbocycles. The summed E-state index contributed by atoms with van der Waals surface area (Å²) in [6, 6.07) is 24.3. The van der Waals surface area contributed by atoms with Gasteiger partial charge in [0.1, 0.15) is 6.61 Å². The van der Waals surface area contributed by atoms with Crippen LogP contribution in [-0.4, -0.2) is 24.4 Å². The van der Waals surface area contributed by atoms with E-state index in [0.717, 1.165) is 11.3 Å². The SMILES string of the molecule is O=C(NCCC=Cc1ccc(N=C=S)cc1)OCC1c2ccccc2-c2ccccc21. The zero-order chi connectivity index (χ0) is 21.5. The summed E-state index contributed by atoms with van der Waals surface area (Å²) in [6.07, 6.45) is 4.34. The molecule has 154 valence electrons. The van der Waals surface area contributed by atoms with Crippen molar-refractivity contribution in [3.8, 4) is 11.1 Å². The number of hydrogen-bond donors (Lipinski definition) is 1. The molecule has 0 aromatic heterocycles. The third-order valence-corrected chi connectivity index (χ3v) is 5.39. The maximum absolute atomic E-state index is 12.2. The fourth-order valence-electron chi connectivity index (χ4n) is 3.84. The number of amides is 1. The number of carbonyl (C=O) groups excluding carboxylic acids is 1. The molecule has 0 bridgehead atoms. The highest BCUT2D eigenvalue weighted by atomic mass is 32.1. The number of carbonyl (C=O) groups is 1. The predicted molar refractivity (Wildman–Crippen MR) is 128 cm³/mol. The van der Waals surface area contributed by atoms with Crippen molar-refractivity contribution < 1.29 is 9.53 Å². The minimum Gasteiger partial charge on any atom is -0.449 e. The molecule has 1 aliphatic carbocycles. The highest BCUT2D eigenvalue weighted by Crippen LogP contribution is 2.44. The Morgan fingerprint density at radius 1 is 1.00 bits per heavy atom. The minimum absolute atomic E-state index is 0.0728. The Labute approximate surface area is 187 Å². The lowest BCUT2D eigenvalue weighted by atomic mass is 9.98. The Balaban J connectivity index is 1.25. The molecule has 1 aliphatic rings. The standard InChI is InChI=1S/C26H22N2O2S/c29-26(27-16-6-5-7-19-12-14-20(15-13-19)28-18-31)30-17-25-23-10-3-1-8-21(23)22-9-2-4-11-24(22)25/h1-5,7-15,25H,6,16-17H2,(H,27,29). The maximum Gasteiger partial charge on any atom is 0.407 e. The lowest BCUT2D eigenvalue weighted by molar-refractivity contribution is 0.143. The first-order valence-electron chi connectivity index (χ1n) is 10.2. The van der Waals surface area contributed by atoms with E-state index in [1.807, 2.05) is 60.7 Å². The Hall–Kier alpha value is -3.53. The van der Waals surface area contributed by atoms with Crippen molar-refractivity contribution in [1.29, 1.82) is 0 Å². The molecular formula is C26H22N2O2S. The van der Waals surface area contributed by atoms with Crippen molar-refractivity contribution in [3.05, 3.63) is 95.6 Å². The van der Waals surface area contributed by atoms with Gasteiger partial charge in [-0.1, -0.05) is 72.8 Å². The summed E-state index contributed by atoms with van der Waals surface area (Å²) in [7, 11) is 0. The van der Waals surface area contributed by atoms with Crippen LogP contribution in [0.25, 0.3) is 17.2 Å². The van der Waals surface area contributed by atoms with Crippen LogP contribution in [0.4, 0.5) is 10.5 Å². The number of rotatable bonds is 7. The van der Waals surface area contributed by atoms with E-state index in [1.165, 1.54) is 22.3 Å². The predicted octanol–water partition coefficient (Wildman–Crippen LogP) is 6.36. The third kappa shape index (κ3) is 4.97. The van der Waals surface area contributed by atoms with Crippen LogP contribution < -0.4 is 5.32 Å². The first kappa shape index (κ1) is 20.7. The number of thiocarbonyl (C=S) groups is 1. The van der Waals surface area contributed by atoms with Crippen LogP contribution in [-0.2, 0) is 4.74 Å². The van der Waals surface area contributed by atoms with E-state index in [-0.39, 0.29) is 5.92 Å². The molecule has 0 radical (unpaired) electrons. The lowest BCUT2D eigenvalue weighted by Crippen LogP contribution is -2.26. The average molecular weight is 427 g/mol. The van der Waals surface area contributed by atoms with Gasteiger partial charge in [0.15, 0.2) is 0 Å². The summed E-state index contributed by atoms with van der Waals surface area (Å²) < 4.78 is 5.54. The molecule has 5 heteroatoms. The van der Waals surface area contributed by atoms with E-state index in [2.05, 4.69) is 52.0 Å². The molecule has 0 heterocycles. The molecule has 0 unspecified atom stereocenters. The highest BCUT2D eigenvalue weighted by Gasteiger charge is 2.28. The minimum atomic E-state index is -0.391. The molecule has 1 N–H and O–H groups in total. The molecule has 0 fully saturated rings. The second-order valence-corrected chi connectivity index (χ2v) is 7.42. The number of ether oxygens (including phenoxy) is 1. The van der Waals surface area contributed by atoms with Gasteiger partial charge in [-0.05, 0) is 58.6 Å². The van der Waals surface area contributed by atoms with Crippen molar-refractivity contribution in [2.24, 2.45) is 4.99 Å². The van der Waals surface area contributed by atoms with Gasteiger partial charge in [-0.15, -0.1) is 0 Å². The van der Waals surface area contributed by atoms with Gasteiger partial charge in [0.25, 0.3) is 0 Å². The van der Waals surface area contributed by atoms with Crippen molar-refractivity contribution >= 4 is 35.2 Å². The van der Waals surface area contributed by atoms with Crippen molar-refractivity contribution in [2.45, 2.75) is 12.3 Å². The van der Waals surface area contributed by atoms with Crippen molar-refractivity contribution in [1.82, 2.24) is 5.32 Å². The molecule has 1 amide bonds. The average Bonchev–Trinajstić information content (AvgIpc) is 3.12. The molecular weight excluding hydrogens is 404 g/mol. The molecule has 31 heavy (non-hydrogen) atoms. The first-order chi connectivity index (χ1) is 15.3. The van der Waals surface area contributed by atoms with Gasteiger partial charge in [-0.3, -0.25) is 0 Å². The largest absolute Gasteiger partial charge is 0.449 e. The van der Waals surface area contributed by atoms with Gasteiger partial charge >= 0.3 is 6.09 Å². The van der Waals surface area contributed by atoms with Crippen LogP contribution in [0.2, 0.25) is 0 Å². The van der Waals surface area contributed by atoms with E-state index >= 15 is 0 Å². The molecule has 4 rings (SSSR count). The van der Waals surface area contributed by atoms with E-state index < -0.39 is 6.09 Å². The zero-order valence-corrected chi connectivity index (χ0v) is 17.8. The first-order valence-corrected chi connectivity index (χ1v) is 10.6. The van der Waals surface area contributed by atoms with Gasteiger partial charge in [-0.2, -0.15) is 4.99 Å². The van der Waals surface area contributed by atoms with Crippen LogP contribution >= 0.6 is 12.2 Å². The molecule has 0 aliphatic heterocycles. The van der Waals surface area contributed by atoms with E-state index in [9.17, 15) is 4.79 Å². The maximum atomic E-state index is 12.2. The van der Waals surface area contributed by atoms with Gasteiger partial charge in [0.05, 0.1) is 10.8 Å². The van der Waals surface area contributed by atoms with Crippen LogP contribution in [0.3, 0.4) is 0 Å². The van der Waals surface area contributed by atoms with Crippen LogP contribution in [0.1, 0.15) is 29.0 Å². The number of aliphatic imine (C=N–C) groups is 1. The lowest BCUT2D eigenvalue weighted by Gasteiger charge is -2.14. The highest BCUT2D eigenvalue weighted by molar-refractivity contribution is 7.78. The molecule has 0 saturated heterocycles. The normalized spacial score (nSPS) is 12.1. The zero-order valence-electron chi connectivity index (χ0n) is 17.0. The summed E-state index contributed by atoms with van der Waals surface area (Å²) >= 11 is 4.60. The fourth-order valence-corrected chi connectivity index (χ4v) is 3.94. The van der Waals surface area contributed by atoms with Crippen LogP contribution in [0.5, 0.6) is 0 Å². The molecule has 0 saturated carbocycles. The summed E-state index contributed by atoms with van der Waals surface area (Å²) in [5, 5.41) is 5.17. The molecule has 0 atom stereocenters. The van der Waals surface area contributed by atoms with Gasteiger partial charge < -0.3 is 10.1 Å². The second kappa shape index (κ2) is 9.98. The number of isothiocyanates is 1. The Morgan fingerprint density at radius 2 is 1.65 bits per heavy atom. The number of nitrogens with one attached hydrogen (secondary N) is 1. The summed E-state index contributed by atoms with van der Waals surface area (Å²) in [5.74, 6) is 0.0728. The van der Waals surface area contributed by atoms with E-state index in [1.54, 1.807) is 0 Å². The quantitative estimate of drug-likeness (QED) is 0.272. The Bertz CT molecular complexity index is 1100. The van der Waals surface area contributed by atoms with Crippen molar-refractivity contribution in [3.63, 3.8) is 0 Å². The molecule has 3 aromatic rings. The van der Waals surface area contributed by atoms with E-state index in [4.69, 9.17) is 4.74 Å². The number of hydrogen-bond acceptors (Lipinski definition) is 4. The molecule has 0 spiro atoms. The van der Waals surface area contributed by atoms with Gasteiger partial charge in [-0.25, -0.2) is 4.79 Å². The number of fused-ring (bicyclic) bond motifs is 3. The smallest absolute Gasteiger partial charge is 0.407 e. The van der Waals surface area contributed by atoms with E-state index in [0.29, 0.717) is 19.6 Å². The van der Waals surface area contributed by atoms with Crippen LogP contribution in [0, 0.1) is 0 Å². The topological polar surface area (TPSA) is 50.7 Å². The monoisotopic (exact) mass is 426 g/mol. The van der Waals surface area contributed by atoms with Crippen molar-refractivity contribution in [2.75, 3.05) is 13.2 Å². The number of alkyl carbamates (subject to hydrolysis) is 1. The summed E-state index contributed by atoms with van der Waals surface area (Å²) in [6.45, 7) is 0.840. The van der Waals surface area contributed by atoms with Crippen LogP contribution in [0.15, 0.2) is 83.9 Å². The second-order valence-electron chi connectivity index (χ2n) is 7.24.